The van der Waals surface area contributed by atoms with E-state index >= 15 is 0 Å². The Morgan fingerprint density at radius 2 is 1.88 bits per heavy atom. The number of aryl methyl sites for hydroxylation is 3. The van der Waals surface area contributed by atoms with Crippen LogP contribution in [0.3, 0.4) is 0 Å². The van der Waals surface area contributed by atoms with Gasteiger partial charge in [-0.1, -0.05) is 25.6 Å². The number of fused-ring (bicyclic) bond motifs is 1. The molecule has 2 rings (SSSR count). The number of amides is 1. The van der Waals surface area contributed by atoms with Gasteiger partial charge in [0.25, 0.3) is 0 Å². The number of aromatic nitrogens is 2. The Morgan fingerprint density at radius 1 is 1.21 bits per heavy atom. The third-order valence-electron chi connectivity index (χ3n) is 3.87. The molecule has 2 aromatic heterocycles. The molecule has 24 heavy (non-hydrogen) atoms. The largest absolute Gasteiger partial charge is 0.345 e. The molecule has 1 amide bonds. The normalized spacial score (nSPS) is 12.6. The zero-order valence-corrected chi connectivity index (χ0v) is 16.5. The Bertz CT molecular complexity index is 784. The van der Waals surface area contributed by atoms with Gasteiger partial charge in [0.05, 0.1) is 11.8 Å². The van der Waals surface area contributed by atoms with Crippen molar-refractivity contribution in [1.82, 2.24) is 15.3 Å². The van der Waals surface area contributed by atoms with Crippen LogP contribution in [-0.2, 0) is 9.59 Å². The molecule has 1 N–H and O–H groups in total. The molecule has 0 aliphatic rings. The minimum Gasteiger partial charge on any atom is -0.345 e. The maximum absolute atomic E-state index is 12.2. The second-order valence-corrected chi connectivity index (χ2v) is 8.40. The van der Waals surface area contributed by atoms with Gasteiger partial charge in [0.1, 0.15) is 15.7 Å². The summed E-state index contributed by atoms with van der Waals surface area (Å²) in [6.45, 7) is 11.3. The van der Waals surface area contributed by atoms with E-state index in [-0.39, 0.29) is 23.4 Å². The van der Waals surface area contributed by atoms with E-state index in [4.69, 9.17) is 0 Å². The van der Waals surface area contributed by atoms with Gasteiger partial charge in [0.2, 0.25) is 5.91 Å². The number of hydrogen-bond donors (Lipinski definition) is 1. The first kappa shape index (κ1) is 18.9. The highest BCUT2D eigenvalue weighted by atomic mass is 32.2. The van der Waals surface area contributed by atoms with Gasteiger partial charge < -0.3 is 5.32 Å². The van der Waals surface area contributed by atoms with Crippen LogP contribution in [0.5, 0.6) is 0 Å². The van der Waals surface area contributed by atoms with Crippen LogP contribution in [-0.4, -0.2) is 33.5 Å². The first-order valence-corrected chi connectivity index (χ1v) is 9.67. The Hall–Kier alpha value is -1.47. The van der Waals surface area contributed by atoms with Gasteiger partial charge in [-0.15, -0.1) is 11.3 Å². The van der Waals surface area contributed by atoms with Gasteiger partial charge >= 0.3 is 0 Å². The molecule has 0 aliphatic carbocycles. The third kappa shape index (κ3) is 4.13. The van der Waals surface area contributed by atoms with Crippen LogP contribution >= 0.6 is 23.1 Å². The molecule has 5 nitrogen and oxygen atoms in total. The molecule has 0 spiro atoms. The highest BCUT2D eigenvalue weighted by Gasteiger charge is 2.21. The molecule has 0 aliphatic heterocycles. The van der Waals surface area contributed by atoms with E-state index in [2.05, 4.69) is 29.1 Å². The SMILES string of the molecule is CC(=O)C(NC(=O)CSc1nc(C)nc2sc(C)c(C)c12)C(C)C. The van der Waals surface area contributed by atoms with Gasteiger partial charge in [0.15, 0.2) is 5.78 Å². The van der Waals surface area contributed by atoms with Crippen molar-refractivity contribution in [2.45, 2.75) is 52.6 Å². The molecular formula is C17H23N3O2S2. The zero-order valence-electron chi connectivity index (χ0n) is 14.9. The van der Waals surface area contributed by atoms with E-state index in [0.717, 1.165) is 15.2 Å². The summed E-state index contributed by atoms with van der Waals surface area (Å²) in [4.78, 5) is 35.0. The van der Waals surface area contributed by atoms with Crippen molar-refractivity contribution in [1.29, 1.82) is 0 Å². The van der Waals surface area contributed by atoms with Crippen LogP contribution in [0.4, 0.5) is 0 Å². The van der Waals surface area contributed by atoms with Crippen molar-refractivity contribution in [2.24, 2.45) is 5.92 Å². The Labute approximate surface area is 150 Å². The Kier molecular flexibility index (Phi) is 5.98. The first-order valence-electron chi connectivity index (χ1n) is 7.87. The van der Waals surface area contributed by atoms with Crippen molar-refractivity contribution >= 4 is 45.0 Å². The zero-order chi connectivity index (χ0) is 18.0. The van der Waals surface area contributed by atoms with Crippen molar-refractivity contribution in [3.8, 4) is 0 Å². The molecule has 0 aromatic carbocycles. The smallest absolute Gasteiger partial charge is 0.231 e. The lowest BCUT2D eigenvalue weighted by atomic mass is 10.0. The fraction of sp³-hybridized carbons (Fsp3) is 0.529. The van der Waals surface area contributed by atoms with Crippen LogP contribution in [0.2, 0.25) is 0 Å². The van der Waals surface area contributed by atoms with Crippen molar-refractivity contribution in [3.05, 3.63) is 16.3 Å². The summed E-state index contributed by atoms with van der Waals surface area (Å²) in [6, 6.07) is -0.435. The van der Waals surface area contributed by atoms with Crippen molar-refractivity contribution in [3.63, 3.8) is 0 Å². The van der Waals surface area contributed by atoms with Crippen LogP contribution in [0, 0.1) is 26.7 Å². The minimum atomic E-state index is -0.435. The number of carbonyl (C=O) groups is 2. The lowest BCUT2D eigenvalue weighted by molar-refractivity contribution is -0.126. The van der Waals surface area contributed by atoms with Gasteiger partial charge in [-0.3, -0.25) is 9.59 Å². The van der Waals surface area contributed by atoms with Crippen LogP contribution in [0.25, 0.3) is 10.2 Å². The summed E-state index contributed by atoms with van der Waals surface area (Å²) in [5.74, 6) is 0.841. The minimum absolute atomic E-state index is 0.0204. The van der Waals surface area contributed by atoms with Crippen molar-refractivity contribution < 1.29 is 9.59 Å². The summed E-state index contributed by atoms with van der Waals surface area (Å²) in [6.07, 6.45) is 0. The molecule has 0 bridgehead atoms. The number of ketones is 1. The third-order valence-corrected chi connectivity index (χ3v) is 5.94. The van der Waals surface area contributed by atoms with E-state index in [9.17, 15) is 9.59 Å². The lowest BCUT2D eigenvalue weighted by Crippen LogP contribution is -2.44. The van der Waals surface area contributed by atoms with E-state index in [0.29, 0.717) is 5.82 Å². The van der Waals surface area contributed by atoms with E-state index in [1.165, 1.54) is 29.1 Å². The van der Waals surface area contributed by atoms with E-state index < -0.39 is 6.04 Å². The highest BCUT2D eigenvalue weighted by molar-refractivity contribution is 8.00. The van der Waals surface area contributed by atoms with Gasteiger partial charge in [-0.05, 0) is 39.2 Å². The maximum atomic E-state index is 12.2. The molecule has 2 heterocycles. The standard InChI is InChI=1S/C17H23N3O2S2/c1-8(2)15(10(4)21)20-13(22)7-23-16-14-9(3)11(5)24-17(14)19-12(6)18-16/h8,15H,7H2,1-6H3,(H,20,22). The topological polar surface area (TPSA) is 72.0 Å². The summed E-state index contributed by atoms with van der Waals surface area (Å²) in [5, 5.41) is 4.69. The summed E-state index contributed by atoms with van der Waals surface area (Å²) >= 11 is 3.05. The average Bonchev–Trinajstić information content (AvgIpc) is 2.76. The van der Waals surface area contributed by atoms with Crippen LogP contribution in [0.15, 0.2) is 5.03 Å². The highest BCUT2D eigenvalue weighted by Crippen LogP contribution is 2.34. The molecule has 0 fully saturated rings. The number of nitrogens with zero attached hydrogens (tertiary/aromatic N) is 2. The maximum Gasteiger partial charge on any atom is 0.231 e. The molecule has 130 valence electrons. The number of carbonyl (C=O) groups excluding carboxylic acids is 2. The van der Waals surface area contributed by atoms with Gasteiger partial charge in [-0.25, -0.2) is 9.97 Å². The Morgan fingerprint density at radius 3 is 2.46 bits per heavy atom. The Balaban J connectivity index is 2.16. The van der Waals surface area contributed by atoms with E-state index in [1.54, 1.807) is 11.3 Å². The van der Waals surface area contributed by atoms with Crippen LogP contribution in [0.1, 0.15) is 37.0 Å². The quantitative estimate of drug-likeness (QED) is 0.627. The monoisotopic (exact) mass is 365 g/mol. The predicted octanol–water partition coefficient (Wildman–Crippen LogP) is 3.44. The summed E-state index contributed by atoms with van der Waals surface area (Å²) in [5.41, 5.74) is 1.17. The summed E-state index contributed by atoms with van der Waals surface area (Å²) < 4.78 is 0. The molecule has 2 aromatic rings. The van der Waals surface area contributed by atoms with Crippen molar-refractivity contribution in [2.75, 3.05) is 5.75 Å². The number of thiophene rings is 1. The molecule has 0 radical (unpaired) electrons. The molecule has 7 heteroatoms. The number of hydrogen-bond acceptors (Lipinski definition) is 6. The molecular weight excluding hydrogens is 342 g/mol. The summed E-state index contributed by atoms with van der Waals surface area (Å²) in [7, 11) is 0. The second kappa shape index (κ2) is 7.61. The van der Waals surface area contributed by atoms with E-state index in [1.807, 2.05) is 20.8 Å². The lowest BCUT2D eigenvalue weighted by Gasteiger charge is -2.19. The first-order chi connectivity index (χ1) is 11.2. The number of rotatable bonds is 6. The van der Waals surface area contributed by atoms with Gasteiger partial charge in [0, 0.05) is 10.3 Å². The fourth-order valence-corrected chi connectivity index (χ4v) is 4.59. The average molecular weight is 366 g/mol. The number of thioether (sulfide) groups is 1. The second-order valence-electron chi connectivity index (χ2n) is 6.23. The molecule has 1 unspecified atom stereocenters. The van der Waals surface area contributed by atoms with Crippen LogP contribution < -0.4 is 5.32 Å². The molecule has 0 saturated heterocycles. The molecule has 0 saturated carbocycles. The fourth-order valence-electron chi connectivity index (χ4n) is 2.51. The molecule has 1 atom stereocenters. The van der Waals surface area contributed by atoms with Gasteiger partial charge in [-0.2, -0.15) is 0 Å². The number of Topliss-reactive ketones (excluding diaryl/α,β-unsaturated/α-hetero) is 1. The number of nitrogens with one attached hydrogen (secondary N) is 1. The predicted molar refractivity (Wildman–Crippen MR) is 99.8 cm³/mol.